The number of thiophene rings is 1. The number of hydrogen-bond donors (Lipinski definition) is 0. The first-order valence-electron chi connectivity index (χ1n) is 9.56. The molecule has 0 spiro atoms. The molecule has 1 aliphatic heterocycles. The normalized spacial score (nSPS) is 15.5. The summed E-state index contributed by atoms with van der Waals surface area (Å²) >= 11 is 3.09. The van der Waals surface area contributed by atoms with Crippen LogP contribution in [-0.2, 0) is 26.9 Å². The van der Waals surface area contributed by atoms with E-state index in [1.807, 2.05) is 0 Å². The Labute approximate surface area is 183 Å². The minimum Gasteiger partial charge on any atom is -0.419 e. The van der Waals surface area contributed by atoms with Crippen LogP contribution in [0.4, 0.5) is 0 Å². The second-order valence-electron chi connectivity index (χ2n) is 6.71. The molecule has 0 N–H and O–H groups in total. The van der Waals surface area contributed by atoms with Gasteiger partial charge < -0.3 is 9.15 Å². The summed E-state index contributed by atoms with van der Waals surface area (Å²) in [4.78, 5) is 6.76. The van der Waals surface area contributed by atoms with Crippen molar-refractivity contribution in [1.29, 1.82) is 0 Å². The molecular formula is C19H22N4O4S3. The Balaban J connectivity index is 1.39. The highest BCUT2D eigenvalue weighted by molar-refractivity contribution is 7.98. The van der Waals surface area contributed by atoms with Gasteiger partial charge in [0.25, 0.3) is 5.89 Å². The first kappa shape index (κ1) is 21.4. The van der Waals surface area contributed by atoms with E-state index in [9.17, 15) is 8.42 Å². The van der Waals surface area contributed by atoms with Crippen LogP contribution in [0.2, 0.25) is 0 Å². The van der Waals surface area contributed by atoms with E-state index in [-0.39, 0.29) is 4.90 Å². The lowest BCUT2D eigenvalue weighted by atomic mass is 10.2. The van der Waals surface area contributed by atoms with E-state index >= 15 is 0 Å². The van der Waals surface area contributed by atoms with Crippen LogP contribution in [0, 0.1) is 6.92 Å². The molecule has 1 aliphatic rings. The maximum absolute atomic E-state index is 12.7. The first-order chi connectivity index (χ1) is 14.5. The number of pyridine rings is 1. The minimum atomic E-state index is -3.54. The Bertz CT molecular complexity index is 1100. The summed E-state index contributed by atoms with van der Waals surface area (Å²) in [5.74, 6) is 1.49. The number of hydrogen-bond acceptors (Lipinski definition) is 9. The zero-order valence-electron chi connectivity index (χ0n) is 16.7. The number of aromatic nitrogens is 3. The molecule has 3 aromatic heterocycles. The number of rotatable bonds is 7. The summed E-state index contributed by atoms with van der Waals surface area (Å²) in [5.41, 5.74) is 1.24. The van der Waals surface area contributed by atoms with Crippen LogP contribution in [0.5, 0.6) is 0 Å². The lowest BCUT2D eigenvalue weighted by molar-refractivity contribution is 0.0730. The second kappa shape index (κ2) is 9.15. The van der Waals surface area contributed by atoms with Gasteiger partial charge in [-0.25, -0.2) is 13.4 Å². The van der Waals surface area contributed by atoms with Gasteiger partial charge in [-0.2, -0.15) is 4.31 Å². The summed E-state index contributed by atoms with van der Waals surface area (Å²) in [5, 5.41) is 8.96. The zero-order chi connectivity index (χ0) is 21.1. The number of ether oxygens (including phenoxy) is 1. The molecule has 0 amide bonds. The van der Waals surface area contributed by atoms with E-state index in [1.54, 1.807) is 23.5 Å². The third-order valence-electron chi connectivity index (χ3n) is 4.68. The Kier molecular flexibility index (Phi) is 6.54. The van der Waals surface area contributed by atoms with Crippen molar-refractivity contribution in [2.45, 2.75) is 35.9 Å². The van der Waals surface area contributed by atoms with Gasteiger partial charge in [0.15, 0.2) is 0 Å². The second-order valence-corrected chi connectivity index (χ2v) is 10.8. The van der Waals surface area contributed by atoms with Gasteiger partial charge in [0.1, 0.15) is 4.90 Å². The van der Waals surface area contributed by atoms with Gasteiger partial charge in [-0.3, -0.25) is 0 Å². The lowest BCUT2D eigenvalue weighted by Crippen LogP contribution is -2.40. The summed E-state index contributed by atoms with van der Waals surface area (Å²) in [7, 11) is -3.54. The zero-order valence-corrected chi connectivity index (χ0v) is 19.1. The van der Waals surface area contributed by atoms with Crippen LogP contribution in [0.1, 0.15) is 23.3 Å². The SMILES string of the molecule is CCc1sc(-c2nnc(CSc3ccc(S(=O)(=O)N4CCOCC4)cn3)o2)cc1C. The molecule has 0 bridgehead atoms. The average molecular weight is 467 g/mol. The predicted octanol–water partition coefficient (Wildman–Crippen LogP) is 3.38. The average Bonchev–Trinajstić information content (AvgIpc) is 3.39. The molecule has 3 aromatic rings. The molecule has 0 saturated carbocycles. The van der Waals surface area contributed by atoms with Gasteiger partial charge in [0, 0.05) is 24.2 Å². The van der Waals surface area contributed by atoms with Crippen molar-refractivity contribution < 1.29 is 17.6 Å². The quantitative estimate of drug-likeness (QED) is 0.489. The summed E-state index contributed by atoms with van der Waals surface area (Å²) < 4.78 is 37.7. The Hall–Kier alpha value is -1.79. The highest BCUT2D eigenvalue weighted by Crippen LogP contribution is 2.31. The molecule has 8 nitrogen and oxygen atoms in total. The van der Waals surface area contributed by atoms with Crippen molar-refractivity contribution in [3.05, 3.63) is 40.7 Å². The molecule has 0 unspecified atom stereocenters. The Morgan fingerprint density at radius 2 is 2.03 bits per heavy atom. The standard InChI is InChI=1S/C19H22N4O4S3/c1-3-15-13(2)10-16(29-15)19-22-21-17(27-19)12-28-18-5-4-14(11-20-18)30(24,25)23-6-8-26-9-7-23/h4-5,10-11H,3,6-9,12H2,1-2H3. The third-order valence-corrected chi connectivity index (χ3v) is 8.86. The molecule has 0 aromatic carbocycles. The van der Waals surface area contributed by atoms with Crippen molar-refractivity contribution in [1.82, 2.24) is 19.5 Å². The molecule has 0 atom stereocenters. The summed E-state index contributed by atoms with van der Waals surface area (Å²) in [6.07, 6.45) is 2.38. The maximum Gasteiger partial charge on any atom is 0.257 e. The van der Waals surface area contributed by atoms with Crippen LogP contribution in [0.25, 0.3) is 10.8 Å². The topological polar surface area (TPSA) is 98.4 Å². The number of sulfonamides is 1. The number of thioether (sulfide) groups is 1. The van der Waals surface area contributed by atoms with Gasteiger partial charge in [0.05, 0.1) is 28.9 Å². The first-order valence-corrected chi connectivity index (χ1v) is 12.8. The van der Waals surface area contributed by atoms with E-state index < -0.39 is 10.0 Å². The molecule has 4 rings (SSSR count). The molecule has 11 heteroatoms. The number of nitrogens with zero attached hydrogens (tertiary/aromatic N) is 4. The van der Waals surface area contributed by atoms with Crippen molar-refractivity contribution in [3.63, 3.8) is 0 Å². The third kappa shape index (κ3) is 4.59. The maximum atomic E-state index is 12.7. The summed E-state index contributed by atoms with van der Waals surface area (Å²) in [6, 6.07) is 5.36. The fraction of sp³-hybridized carbons (Fsp3) is 0.421. The van der Waals surface area contributed by atoms with Gasteiger partial charge in [-0.15, -0.1) is 21.5 Å². The van der Waals surface area contributed by atoms with Crippen molar-refractivity contribution >= 4 is 33.1 Å². The van der Waals surface area contributed by atoms with Gasteiger partial charge in [-0.1, -0.05) is 18.7 Å². The van der Waals surface area contributed by atoms with E-state index in [1.165, 1.54) is 32.7 Å². The molecule has 30 heavy (non-hydrogen) atoms. The van der Waals surface area contributed by atoms with Crippen LogP contribution in [0.3, 0.4) is 0 Å². The van der Waals surface area contributed by atoms with E-state index in [4.69, 9.17) is 9.15 Å². The Morgan fingerprint density at radius 1 is 1.23 bits per heavy atom. The molecule has 0 aliphatic carbocycles. The van der Waals surface area contributed by atoms with Gasteiger partial charge in [-0.05, 0) is 37.1 Å². The smallest absolute Gasteiger partial charge is 0.257 e. The fourth-order valence-corrected chi connectivity index (χ4v) is 6.13. The number of morpholine rings is 1. The Morgan fingerprint density at radius 3 is 2.70 bits per heavy atom. The molecule has 160 valence electrons. The molecule has 1 saturated heterocycles. The van der Waals surface area contributed by atoms with Crippen LogP contribution < -0.4 is 0 Å². The molecular weight excluding hydrogens is 444 g/mol. The largest absolute Gasteiger partial charge is 0.419 e. The van der Waals surface area contributed by atoms with Crippen molar-refractivity contribution in [3.8, 4) is 10.8 Å². The van der Waals surface area contributed by atoms with Crippen LogP contribution in [0.15, 0.2) is 38.7 Å². The highest BCUT2D eigenvalue weighted by atomic mass is 32.2. The van der Waals surface area contributed by atoms with Crippen molar-refractivity contribution in [2.75, 3.05) is 26.3 Å². The monoisotopic (exact) mass is 466 g/mol. The van der Waals surface area contributed by atoms with E-state index in [2.05, 4.69) is 35.1 Å². The van der Waals surface area contributed by atoms with Crippen molar-refractivity contribution in [2.24, 2.45) is 0 Å². The summed E-state index contributed by atoms with van der Waals surface area (Å²) in [6.45, 7) is 5.77. The molecule has 0 radical (unpaired) electrons. The van der Waals surface area contributed by atoms with Gasteiger partial charge in [0.2, 0.25) is 15.9 Å². The minimum absolute atomic E-state index is 0.189. The van der Waals surface area contributed by atoms with E-state index in [0.717, 1.165) is 11.3 Å². The number of aryl methyl sites for hydroxylation is 2. The fourth-order valence-electron chi connectivity index (χ4n) is 3.06. The van der Waals surface area contributed by atoms with Crippen LogP contribution >= 0.6 is 23.1 Å². The van der Waals surface area contributed by atoms with Crippen LogP contribution in [-0.4, -0.2) is 54.2 Å². The predicted molar refractivity (Wildman–Crippen MR) is 115 cm³/mol. The van der Waals surface area contributed by atoms with E-state index in [0.29, 0.717) is 48.9 Å². The molecule has 1 fully saturated rings. The van der Waals surface area contributed by atoms with Gasteiger partial charge >= 0.3 is 0 Å². The highest BCUT2D eigenvalue weighted by Gasteiger charge is 2.26. The molecule has 4 heterocycles. The lowest BCUT2D eigenvalue weighted by Gasteiger charge is -2.25.